The van der Waals surface area contributed by atoms with E-state index >= 15 is 0 Å². The molecule has 0 saturated carbocycles. The van der Waals surface area contributed by atoms with Crippen molar-refractivity contribution in [2.45, 2.75) is 47.6 Å². The maximum Gasteiger partial charge on any atom is 0.293 e. The molecule has 1 fully saturated rings. The summed E-state index contributed by atoms with van der Waals surface area (Å²) in [6, 6.07) is 33.0. The number of halogens is 1. The quantitative estimate of drug-likeness (QED) is 0.0568. The number of hydrogen-bond donors (Lipinski definition) is 2. The Morgan fingerprint density at radius 3 is 2.38 bits per heavy atom. The molecule has 2 N–H and O–H groups in total. The van der Waals surface area contributed by atoms with Gasteiger partial charge in [-0.25, -0.2) is 13.1 Å². The molecule has 0 aliphatic carbocycles. The molecule has 0 spiro atoms. The van der Waals surface area contributed by atoms with Gasteiger partial charge in [0.2, 0.25) is 0 Å². The molecule has 6 rings (SSSR count). The minimum atomic E-state index is -4.44. The number of nitrogens with zero attached hydrogens (tertiary/aromatic N) is 4. The zero-order chi connectivity index (χ0) is 39.7. The number of sulfonamides is 1. The lowest BCUT2D eigenvalue weighted by Gasteiger charge is -2.32. The smallest absolute Gasteiger partial charge is 0.293 e. The number of likely N-dealkylation sites (tertiary alicyclic amines) is 1. The molecular weight excluding hydrogens is 768 g/mol. The summed E-state index contributed by atoms with van der Waals surface area (Å²) < 4.78 is 28.7. The van der Waals surface area contributed by atoms with Crippen molar-refractivity contribution >= 4 is 50.7 Å². The highest BCUT2D eigenvalue weighted by Gasteiger charge is 2.26. The fourth-order valence-corrected chi connectivity index (χ4v) is 8.83. The fourth-order valence-electron chi connectivity index (χ4n) is 6.71. The molecule has 1 aliphatic heterocycles. The summed E-state index contributed by atoms with van der Waals surface area (Å²) in [5.41, 5.74) is 4.27. The van der Waals surface area contributed by atoms with Crippen LogP contribution < -0.4 is 10.0 Å². The van der Waals surface area contributed by atoms with Gasteiger partial charge in [-0.2, -0.15) is 0 Å². The topological polar surface area (TPSA) is 138 Å². The predicted molar refractivity (Wildman–Crippen MR) is 224 cm³/mol. The van der Waals surface area contributed by atoms with E-state index in [9.17, 15) is 23.3 Å². The van der Waals surface area contributed by atoms with Gasteiger partial charge >= 0.3 is 0 Å². The Morgan fingerprint density at radius 1 is 0.982 bits per heavy atom. The van der Waals surface area contributed by atoms with Crippen LogP contribution in [-0.4, -0.2) is 79.6 Å². The summed E-state index contributed by atoms with van der Waals surface area (Å²) in [7, 11) is -0.530. The Labute approximate surface area is 337 Å². The van der Waals surface area contributed by atoms with Crippen molar-refractivity contribution in [3.63, 3.8) is 0 Å². The zero-order valence-electron chi connectivity index (χ0n) is 31.3. The van der Waals surface area contributed by atoms with E-state index in [1.165, 1.54) is 29.5 Å². The SMILES string of the molecule is CN(C)CC[C@H](CSc1ccccc1)Nc1ccc(S(=O)(=O)NC(=O)c2ccc(C3CCN(Cc4ccccc4-c4ccc(Cl)cc4)CC3)nc2)cc1[N+](=O)[O-]. The molecule has 56 heavy (non-hydrogen) atoms. The number of thioether (sulfide) groups is 1. The second-order valence-electron chi connectivity index (χ2n) is 14.1. The minimum Gasteiger partial charge on any atom is -0.376 e. The van der Waals surface area contributed by atoms with Gasteiger partial charge in [0.05, 0.1) is 15.4 Å². The van der Waals surface area contributed by atoms with Crippen molar-refractivity contribution < 1.29 is 18.1 Å². The van der Waals surface area contributed by atoms with Crippen molar-refractivity contribution in [2.75, 3.05) is 44.8 Å². The molecule has 1 atom stereocenters. The number of nitro groups is 1. The Balaban J connectivity index is 1.06. The van der Waals surface area contributed by atoms with Gasteiger partial charge in [-0.15, -0.1) is 11.8 Å². The van der Waals surface area contributed by atoms with Gasteiger partial charge in [0.1, 0.15) is 5.69 Å². The number of amides is 1. The number of rotatable bonds is 16. The van der Waals surface area contributed by atoms with Crippen LogP contribution >= 0.6 is 23.4 Å². The molecule has 11 nitrogen and oxygen atoms in total. The number of pyridine rings is 1. The van der Waals surface area contributed by atoms with Gasteiger partial charge in [0.15, 0.2) is 0 Å². The molecule has 4 aromatic carbocycles. The Hall–Kier alpha value is -4.79. The number of benzene rings is 4. The summed E-state index contributed by atoms with van der Waals surface area (Å²) >= 11 is 7.74. The molecule has 1 aromatic heterocycles. The summed E-state index contributed by atoms with van der Waals surface area (Å²) in [4.78, 5) is 34.4. The van der Waals surface area contributed by atoms with Crippen molar-refractivity contribution in [3.8, 4) is 11.1 Å². The van der Waals surface area contributed by atoms with E-state index in [-0.39, 0.29) is 23.2 Å². The van der Waals surface area contributed by atoms with Crippen LogP contribution in [0.3, 0.4) is 0 Å². The third-order valence-electron chi connectivity index (χ3n) is 9.80. The molecule has 1 aliphatic rings. The summed E-state index contributed by atoms with van der Waals surface area (Å²) in [5, 5.41) is 16.1. The highest BCUT2D eigenvalue weighted by molar-refractivity contribution is 7.99. The van der Waals surface area contributed by atoms with Crippen LogP contribution in [0.15, 0.2) is 125 Å². The second kappa shape index (κ2) is 18.9. The third kappa shape index (κ3) is 10.9. The van der Waals surface area contributed by atoms with Crippen molar-refractivity contribution in [1.82, 2.24) is 19.5 Å². The lowest BCUT2D eigenvalue weighted by atomic mass is 9.92. The number of carbonyl (C=O) groups is 1. The molecule has 5 aromatic rings. The molecule has 0 unspecified atom stereocenters. The van der Waals surface area contributed by atoms with Gasteiger partial charge < -0.3 is 10.2 Å². The molecular formula is C42H45ClN6O5S2. The highest BCUT2D eigenvalue weighted by atomic mass is 35.5. The molecule has 1 saturated heterocycles. The number of aromatic nitrogens is 1. The Kier molecular flexibility index (Phi) is 13.8. The number of carbonyl (C=O) groups excluding carboxylic acids is 1. The summed E-state index contributed by atoms with van der Waals surface area (Å²) in [6.45, 7) is 3.33. The number of anilines is 1. The van der Waals surface area contributed by atoms with Gasteiger partial charge in [-0.1, -0.05) is 66.2 Å². The van der Waals surface area contributed by atoms with E-state index in [1.54, 1.807) is 23.9 Å². The molecule has 0 radical (unpaired) electrons. The molecule has 14 heteroatoms. The van der Waals surface area contributed by atoms with Gasteiger partial charge in [-0.05, 0) is 118 Å². The van der Waals surface area contributed by atoms with E-state index in [0.717, 1.165) is 61.2 Å². The standard InChI is InChI=1S/C42H45ClN6O5S2/c1-47(2)23-22-35(29-55-36-9-4-3-5-10-36)45-40-19-17-37(26-41(40)49(51)52)56(53,54)46-42(50)32-14-18-39(44-27-32)31-20-24-48(25-21-31)28-33-8-6-7-11-38(33)30-12-15-34(43)16-13-30/h3-19,26-27,31,35,45H,20-25,28-29H2,1-2H3,(H,46,50)/t35-/m1/s1. The zero-order valence-corrected chi connectivity index (χ0v) is 33.7. The minimum absolute atomic E-state index is 0.0704. The van der Waals surface area contributed by atoms with Crippen LogP contribution in [0.1, 0.15) is 46.8 Å². The van der Waals surface area contributed by atoms with Crippen LogP contribution in [0.5, 0.6) is 0 Å². The number of nitro benzene ring substituents is 1. The maximum atomic E-state index is 13.3. The van der Waals surface area contributed by atoms with Gasteiger partial charge in [0, 0.05) is 52.1 Å². The first kappa shape index (κ1) is 40.9. The van der Waals surface area contributed by atoms with Gasteiger partial charge in [0.25, 0.3) is 21.6 Å². The third-order valence-corrected chi connectivity index (χ3v) is 12.6. The van der Waals surface area contributed by atoms with Crippen molar-refractivity contribution in [1.29, 1.82) is 0 Å². The fraction of sp³-hybridized carbons (Fsp3) is 0.286. The van der Waals surface area contributed by atoms with E-state index in [1.807, 2.05) is 79.7 Å². The first-order valence-electron chi connectivity index (χ1n) is 18.4. The molecule has 0 bridgehead atoms. The monoisotopic (exact) mass is 812 g/mol. The lowest BCUT2D eigenvalue weighted by molar-refractivity contribution is -0.384. The average Bonchev–Trinajstić information content (AvgIpc) is 3.20. The predicted octanol–water partition coefficient (Wildman–Crippen LogP) is 8.33. The van der Waals surface area contributed by atoms with E-state index in [4.69, 9.17) is 11.6 Å². The molecule has 1 amide bonds. The summed E-state index contributed by atoms with van der Waals surface area (Å²) in [5.74, 6) is -0.0340. The second-order valence-corrected chi connectivity index (χ2v) is 17.3. The Bertz CT molecular complexity index is 2220. The van der Waals surface area contributed by atoms with Crippen LogP contribution in [0.2, 0.25) is 5.02 Å². The lowest BCUT2D eigenvalue weighted by Crippen LogP contribution is -2.33. The van der Waals surface area contributed by atoms with Crippen LogP contribution in [0.4, 0.5) is 11.4 Å². The van der Waals surface area contributed by atoms with E-state index in [0.29, 0.717) is 17.2 Å². The largest absolute Gasteiger partial charge is 0.376 e. The van der Waals surface area contributed by atoms with E-state index < -0.39 is 31.4 Å². The maximum absolute atomic E-state index is 13.3. The van der Waals surface area contributed by atoms with Crippen LogP contribution in [0, 0.1) is 10.1 Å². The summed E-state index contributed by atoms with van der Waals surface area (Å²) in [6.07, 6.45) is 3.86. The van der Waals surface area contributed by atoms with Crippen LogP contribution in [-0.2, 0) is 16.6 Å². The number of piperidine rings is 1. The molecule has 2 heterocycles. The number of hydrogen-bond acceptors (Lipinski definition) is 10. The normalized spacial score (nSPS) is 14.4. The van der Waals surface area contributed by atoms with Crippen LogP contribution in [0.25, 0.3) is 11.1 Å². The first-order chi connectivity index (χ1) is 26.9. The van der Waals surface area contributed by atoms with E-state index in [2.05, 4.69) is 38.1 Å². The highest BCUT2D eigenvalue weighted by Crippen LogP contribution is 2.32. The Morgan fingerprint density at radius 2 is 1.70 bits per heavy atom. The first-order valence-corrected chi connectivity index (χ1v) is 21.3. The van der Waals surface area contributed by atoms with Crippen molar-refractivity contribution in [3.05, 3.63) is 147 Å². The van der Waals surface area contributed by atoms with Gasteiger partial charge in [-0.3, -0.25) is 24.8 Å². The average molecular weight is 813 g/mol. The molecule has 292 valence electrons. The number of nitrogens with one attached hydrogen (secondary N) is 2. The van der Waals surface area contributed by atoms with Crippen molar-refractivity contribution in [2.24, 2.45) is 0 Å².